The Labute approximate surface area is 119 Å². The van der Waals surface area contributed by atoms with Crippen molar-refractivity contribution in [1.29, 1.82) is 0 Å². The van der Waals surface area contributed by atoms with Gasteiger partial charge in [-0.25, -0.2) is 4.79 Å². The lowest BCUT2D eigenvalue weighted by Crippen LogP contribution is -2.24. The van der Waals surface area contributed by atoms with E-state index in [2.05, 4.69) is 37.0 Å². The summed E-state index contributed by atoms with van der Waals surface area (Å²) in [5.41, 5.74) is 1.86. The van der Waals surface area contributed by atoms with Crippen molar-refractivity contribution in [2.45, 2.75) is 52.6 Å². The lowest BCUT2D eigenvalue weighted by atomic mass is 9.86. The van der Waals surface area contributed by atoms with Crippen LogP contribution in [0.2, 0.25) is 0 Å². The summed E-state index contributed by atoms with van der Waals surface area (Å²) >= 11 is 0. The molecular weight excluding hydrogens is 252 g/mol. The molecule has 20 heavy (non-hydrogen) atoms. The molecule has 0 bridgehead atoms. The molecular formula is C16H22N2O2. The van der Waals surface area contributed by atoms with E-state index in [0.717, 1.165) is 16.5 Å². The van der Waals surface area contributed by atoms with Crippen LogP contribution in [0.3, 0.4) is 0 Å². The number of hydrogen-bond donors (Lipinski definition) is 1. The molecule has 0 saturated heterocycles. The van der Waals surface area contributed by atoms with Crippen molar-refractivity contribution in [1.82, 2.24) is 10.2 Å². The molecule has 108 valence electrons. The predicted molar refractivity (Wildman–Crippen MR) is 80.0 cm³/mol. The largest absolute Gasteiger partial charge is 0.455 e. The molecule has 4 heteroatoms. The maximum absolute atomic E-state index is 12.2. The van der Waals surface area contributed by atoms with Crippen LogP contribution >= 0.6 is 0 Å². The molecule has 2 aromatic rings. The molecule has 1 heterocycles. The van der Waals surface area contributed by atoms with Crippen LogP contribution in [0.1, 0.15) is 57.6 Å². The summed E-state index contributed by atoms with van der Waals surface area (Å²) in [7, 11) is 0. The quantitative estimate of drug-likeness (QED) is 0.804. The number of hydrogen-bond acceptors (Lipinski definition) is 3. The Kier molecular flexibility index (Phi) is 3.36. The predicted octanol–water partition coefficient (Wildman–Crippen LogP) is 3.82. The van der Waals surface area contributed by atoms with Crippen LogP contribution in [0.15, 0.2) is 18.2 Å². The number of nitrogens with one attached hydrogen (secondary N) is 1. The van der Waals surface area contributed by atoms with Crippen LogP contribution in [-0.4, -0.2) is 21.8 Å². The van der Waals surface area contributed by atoms with Gasteiger partial charge in [0.15, 0.2) is 5.69 Å². The molecule has 0 aliphatic rings. The number of fused-ring (bicyclic) bond motifs is 1. The van der Waals surface area contributed by atoms with Crippen molar-refractivity contribution in [2.24, 2.45) is 0 Å². The van der Waals surface area contributed by atoms with Crippen molar-refractivity contribution in [3.63, 3.8) is 0 Å². The van der Waals surface area contributed by atoms with Crippen molar-refractivity contribution in [3.05, 3.63) is 29.5 Å². The summed E-state index contributed by atoms with van der Waals surface area (Å²) in [4.78, 5) is 12.2. The first-order valence-corrected chi connectivity index (χ1v) is 6.80. The van der Waals surface area contributed by atoms with Gasteiger partial charge in [0.05, 0.1) is 5.52 Å². The third-order valence-electron chi connectivity index (χ3n) is 3.02. The molecule has 2 rings (SSSR count). The fourth-order valence-corrected chi connectivity index (χ4v) is 1.96. The zero-order chi connectivity index (χ0) is 15.1. The van der Waals surface area contributed by atoms with Gasteiger partial charge in [0.25, 0.3) is 0 Å². The summed E-state index contributed by atoms with van der Waals surface area (Å²) in [5.74, 6) is -0.394. The van der Waals surface area contributed by atoms with Gasteiger partial charge in [0.1, 0.15) is 5.60 Å². The third kappa shape index (κ3) is 3.00. The van der Waals surface area contributed by atoms with Crippen molar-refractivity contribution < 1.29 is 9.53 Å². The van der Waals surface area contributed by atoms with Gasteiger partial charge in [-0.05, 0) is 43.9 Å². The average Bonchev–Trinajstić information content (AvgIpc) is 2.67. The Morgan fingerprint density at radius 3 is 2.35 bits per heavy atom. The number of H-pyrrole nitrogens is 1. The van der Waals surface area contributed by atoms with Gasteiger partial charge in [0, 0.05) is 5.39 Å². The number of ether oxygens (including phenoxy) is 1. The van der Waals surface area contributed by atoms with Crippen molar-refractivity contribution >= 4 is 16.9 Å². The average molecular weight is 274 g/mol. The monoisotopic (exact) mass is 274 g/mol. The molecule has 0 radical (unpaired) electrons. The molecule has 0 spiro atoms. The van der Waals surface area contributed by atoms with Gasteiger partial charge in [-0.2, -0.15) is 5.10 Å². The highest BCUT2D eigenvalue weighted by molar-refractivity contribution is 6.02. The number of carbonyl (C=O) groups is 1. The Hall–Kier alpha value is -1.84. The van der Waals surface area contributed by atoms with Gasteiger partial charge >= 0.3 is 5.97 Å². The first-order valence-electron chi connectivity index (χ1n) is 6.80. The van der Waals surface area contributed by atoms with Gasteiger partial charge in [-0.3, -0.25) is 5.10 Å². The lowest BCUT2D eigenvalue weighted by molar-refractivity contribution is 0.00650. The van der Waals surface area contributed by atoms with E-state index in [1.807, 2.05) is 32.9 Å². The second-order valence-electron chi connectivity index (χ2n) is 7.08. The van der Waals surface area contributed by atoms with E-state index in [0.29, 0.717) is 5.69 Å². The Bertz CT molecular complexity index is 643. The van der Waals surface area contributed by atoms with Crippen LogP contribution in [0.4, 0.5) is 0 Å². The molecule has 0 unspecified atom stereocenters. The van der Waals surface area contributed by atoms with Gasteiger partial charge in [0.2, 0.25) is 0 Å². The second-order valence-corrected chi connectivity index (χ2v) is 7.08. The van der Waals surface area contributed by atoms with Crippen LogP contribution in [0.5, 0.6) is 0 Å². The zero-order valence-electron chi connectivity index (χ0n) is 13.0. The summed E-state index contributed by atoms with van der Waals surface area (Å²) in [6.07, 6.45) is 0. The molecule has 0 aliphatic heterocycles. The number of nitrogens with zero attached hydrogens (tertiary/aromatic N) is 1. The minimum Gasteiger partial charge on any atom is -0.455 e. The summed E-state index contributed by atoms with van der Waals surface area (Å²) < 4.78 is 5.39. The third-order valence-corrected chi connectivity index (χ3v) is 3.02. The van der Waals surface area contributed by atoms with E-state index < -0.39 is 11.6 Å². The van der Waals surface area contributed by atoms with E-state index in [4.69, 9.17) is 4.74 Å². The molecule has 0 fully saturated rings. The Balaban J connectivity index is 2.47. The number of carbonyl (C=O) groups excluding carboxylic acids is 1. The highest BCUT2D eigenvalue weighted by Gasteiger charge is 2.23. The molecule has 0 saturated carbocycles. The number of rotatable bonds is 1. The fraction of sp³-hybridized carbons (Fsp3) is 0.500. The molecule has 0 aliphatic carbocycles. The lowest BCUT2D eigenvalue weighted by Gasteiger charge is -2.20. The maximum Gasteiger partial charge on any atom is 0.360 e. The van der Waals surface area contributed by atoms with Crippen molar-refractivity contribution in [2.75, 3.05) is 0 Å². The number of aromatic nitrogens is 2. The second kappa shape index (κ2) is 4.62. The van der Waals surface area contributed by atoms with E-state index in [9.17, 15) is 4.79 Å². The zero-order valence-corrected chi connectivity index (χ0v) is 13.0. The Morgan fingerprint density at radius 2 is 1.80 bits per heavy atom. The number of benzene rings is 1. The normalized spacial score (nSPS) is 12.7. The molecule has 4 nitrogen and oxygen atoms in total. The van der Waals surface area contributed by atoms with Gasteiger partial charge < -0.3 is 4.74 Å². The SMILES string of the molecule is CC(C)(C)OC(=O)c1n[nH]c2ccc(C(C)(C)C)cc12. The van der Waals surface area contributed by atoms with E-state index in [1.165, 1.54) is 0 Å². The summed E-state index contributed by atoms with van der Waals surface area (Å²) in [6.45, 7) is 12.0. The first-order chi connectivity index (χ1) is 9.08. The van der Waals surface area contributed by atoms with Crippen molar-refractivity contribution in [3.8, 4) is 0 Å². The molecule has 1 aromatic heterocycles. The Morgan fingerprint density at radius 1 is 1.15 bits per heavy atom. The standard InChI is InChI=1S/C16H22N2O2/c1-15(2,3)10-7-8-12-11(9-10)13(18-17-12)14(19)20-16(4,5)6/h7-9H,1-6H3,(H,17,18). The summed E-state index contributed by atoms with van der Waals surface area (Å²) in [6, 6.07) is 6.02. The van der Waals surface area contributed by atoms with E-state index >= 15 is 0 Å². The molecule has 0 atom stereocenters. The van der Waals surface area contributed by atoms with Gasteiger partial charge in [-0.1, -0.05) is 26.8 Å². The minimum atomic E-state index is -0.524. The molecule has 1 aromatic carbocycles. The molecule has 0 amide bonds. The first kappa shape index (κ1) is 14.6. The smallest absolute Gasteiger partial charge is 0.360 e. The number of aromatic amines is 1. The van der Waals surface area contributed by atoms with Crippen LogP contribution in [-0.2, 0) is 10.2 Å². The van der Waals surface area contributed by atoms with Crippen LogP contribution in [0.25, 0.3) is 10.9 Å². The van der Waals surface area contributed by atoms with E-state index in [-0.39, 0.29) is 5.41 Å². The topological polar surface area (TPSA) is 55.0 Å². The van der Waals surface area contributed by atoms with Crippen LogP contribution in [0, 0.1) is 0 Å². The number of esters is 1. The van der Waals surface area contributed by atoms with Gasteiger partial charge in [-0.15, -0.1) is 0 Å². The van der Waals surface area contributed by atoms with Crippen LogP contribution < -0.4 is 0 Å². The maximum atomic E-state index is 12.2. The highest BCUT2D eigenvalue weighted by Crippen LogP contribution is 2.27. The van der Waals surface area contributed by atoms with E-state index in [1.54, 1.807) is 0 Å². The minimum absolute atomic E-state index is 0.0245. The fourth-order valence-electron chi connectivity index (χ4n) is 1.96. The molecule has 1 N–H and O–H groups in total. The summed E-state index contributed by atoms with van der Waals surface area (Å²) in [5, 5.41) is 7.80. The highest BCUT2D eigenvalue weighted by atomic mass is 16.6.